The summed E-state index contributed by atoms with van der Waals surface area (Å²) >= 11 is 0. The van der Waals surface area contributed by atoms with Gasteiger partial charge in [-0.15, -0.1) is 5.10 Å². The van der Waals surface area contributed by atoms with E-state index in [0.717, 1.165) is 25.2 Å². The fourth-order valence-electron chi connectivity index (χ4n) is 3.02. The lowest BCUT2D eigenvalue weighted by Crippen LogP contribution is -2.35. The summed E-state index contributed by atoms with van der Waals surface area (Å²) in [5.74, 6) is 1.47. The molecule has 0 N–H and O–H groups in total. The molecule has 4 heteroatoms. The average molecular weight is 323 g/mol. The summed E-state index contributed by atoms with van der Waals surface area (Å²) in [6.07, 6.45) is 11.8. The molecule has 0 saturated heterocycles. The number of ether oxygens (including phenoxy) is 1. The van der Waals surface area contributed by atoms with Crippen molar-refractivity contribution in [1.82, 2.24) is 15.0 Å². The summed E-state index contributed by atoms with van der Waals surface area (Å²) in [6.45, 7) is 7.18. The molecule has 126 valence electrons. The SMILES string of the molecule is Cc1cccc(CC2(n3ccnn3)C=CC(OCC(C)C)=CC2)c1. The van der Waals surface area contributed by atoms with E-state index < -0.39 is 0 Å². The first kappa shape index (κ1) is 16.5. The van der Waals surface area contributed by atoms with Crippen molar-refractivity contribution in [2.75, 3.05) is 6.61 Å². The van der Waals surface area contributed by atoms with Crippen molar-refractivity contribution in [3.63, 3.8) is 0 Å². The Balaban J connectivity index is 1.83. The van der Waals surface area contributed by atoms with Crippen molar-refractivity contribution in [3.05, 3.63) is 71.8 Å². The van der Waals surface area contributed by atoms with Crippen LogP contribution in [-0.4, -0.2) is 21.6 Å². The average Bonchev–Trinajstić information content (AvgIpc) is 3.09. The highest BCUT2D eigenvalue weighted by Crippen LogP contribution is 2.32. The quantitative estimate of drug-likeness (QED) is 0.805. The molecule has 1 aliphatic carbocycles. The largest absolute Gasteiger partial charge is 0.494 e. The molecule has 0 bridgehead atoms. The molecule has 1 aromatic carbocycles. The van der Waals surface area contributed by atoms with Crippen LogP contribution in [0.4, 0.5) is 0 Å². The molecule has 0 fully saturated rings. The Hall–Kier alpha value is -2.36. The van der Waals surface area contributed by atoms with Crippen LogP contribution in [0.5, 0.6) is 0 Å². The molecular weight excluding hydrogens is 298 g/mol. The van der Waals surface area contributed by atoms with E-state index in [2.05, 4.69) is 73.6 Å². The van der Waals surface area contributed by atoms with Crippen molar-refractivity contribution in [3.8, 4) is 0 Å². The van der Waals surface area contributed by atoms with Crippen LogP contribution < -0.4 is 0 Å². The van der Waals surface area contributed by atoms with Crippen LogP contribution in [0.1, 0.15) is 31.4 Å². The van der Waals surface area contributed by atoms with E-state index in [1.807, 2.05) is 10.9 Å². The highest BCUT2D eigenvalue weighted by atomic mass is 16.5. The molecule has 0 saturated carbocycles. The van der Waals surface area contributed by atoms with Crippen molar-refractivity contribution < 1.29 is 4.74 Å². The zero-order valence-electron chi connectivity index (χ0n) is 14.6. The van der Waals surface area contributed by atoms with Gasteiger partial charge in [-0.2, -0.15) is 0 Å². The monoisotopic (exact) mass is 323 g/mol. The smallest absolute Gasteiger partial charge is 0.115 e. The number of aryl methyl sites for hydroxylation is 1. The van der Waals surface area contributed by atoms with Crippen molar-refractivity contribution in [2.45, 2.75) is 39.2 Å². The molecule has 3 rings (SSSR count). The van der Waals surface area contributed by atoms with Gasteiger partial charge in [-0.3, -0.25) is 0 Å². The van der Waals surface area contributed by atoms with E-state index in [-0.39, 0.29) is 5.54 Å². The minimum Gasteiger partial charge on any atom is -0.494 e. The van der Waals surface area contributed by atoms with Gasteiger partial charge >= 0.3 is 0 Å². The topological polar surface area (TPSA) is 39.9 Å². The number of aromatic nitrogens is 3. The standard InChI is InChI=1S/C20H25N3O/c1-16(2)15-24-19-7-9-20(10-8-19,23-12-11-21-22-23)14-18-6-4-5-17(3)13-18/h4-9,11-13,16H,10,14-15H2,1-3H3. The van der Waals surface area contributed by atoms with Gasteiger partial charge in [0.05, 0.1) is 18.3 Å². The summed E-state index contributed by atoms with van der Waals surface area (Å²) < 4.78 is 7.81. The molecule has 0 radical (unpaired) electrons. The minimum absolute atomic E-state index is 0.227. The van der Waals surface area contributed by atoms with E-state index >= 15 is 0 Å². The third-order valence-electron chi connectivity index (χ3n) is 4.27. The van der Waals surface area contributed by atoms with E-state index in [0.29, 0.717) is 5.92 Å². The lowest BCUT2D eigenvalue weighted by atomic mass is 9.84. The third-order valence-corrected chi connectivity index (χ3v) is 4.27. The van der Waals surface area contributed by atoms with Gasteiger partial charge in [-0.1, -0.05) is 55.0 Å². The molecule has 2 aromatic rings. The first-order valence-corrected chi connectivity index (χ1v) is 8.52. The fourth-order valence-corrected chi connectivity index (χ4v) is 3.02. The van der Waals surface area contributed by atoms with Crippen LogP contribution in [-0.2, 0) is 16.7 Å². The first-order chi connectivity index (χ1) is 11.6. The Morgan fingerprint density at radius 3 is 2.83 bits per heavy atom. The van der Waals surface area contributed by atoms with Crippen LogP contribution in [0.15, 0.2) is 60.6 Å². The lowest BCUT2D eigenvalue weighted by molar-refractivity contribution is 0.183. The highest BCUT2D eigenvalue weighted by molar-refractivity contribution is 5.30. The van der Waals surface area contributed by atoms with Crippen LogP contribution in [0.25, 0.3) is 0 Å². The zero-order valence-corrected chi connectivity index (χ0v) is 14.6. The number of allylic oxidation sites excluding steroid dienone is 3. The Labute approximate surface area is 143 Å². The van der Waals surface area contributed by atoms with Crippen LogP contribution in [0, 0.1) is 12.8 Å². The normalized spacial score (nSPS) is 20.2. The Morgan fingerprint density at radius 1 is 1.33 bits per heavy atom. The molecule has 0 spiro atoms. The molecule has 1 aromatic heterocycles. The summed E-state index contributed by atoms with van der Waals surface area (Å²) in [5, 5.41) is 8.28. The Kier molecular flexibility index (Phi) is 4.84. The molecule has 1 aliphatic rings. The maximum absolute atomic E-state index is 5.85. The summed E-state index contributed by atoms with van der Waals surface area (Å²) in [5.41, 5.74) is 2.35. The van der Waals surface area contributed by atoms with Gasteiger partial charge in [0.25, 0.3) is 0 Å². The van der Waals surface area contributed by atoms with Gasteiger partial charge in [0.2, 0.25) is 0 Å². The second kappa shape index (κ2) is 7.04. The number of rotatable bonds is 6. The van der Waals surface area contributed by atoms with Gasteiger partial charge in [0, 0.05) is 12.6 Å². The zero-order chi connectivity index (χ0) is 17.0. The summed E-state index contributed by atoms with van der Waals surface area (Å²) in [4.78, 5) is 0. The van der Waals surface area contributed by atoms with E-state index in [1.54, 1.807) is 6.20 Å². The Bertz CT molecular complexity index is 731. The molecular formula is C20H25N3O. The predicted octanol–water partition coefficient (Wildman–Crippen LogP) is 4.04. The molecule has 0 aliphatic heterocycles. The lowest BCUT2D eigenvalue weighted by Gasteiger charge is -2.32. The number of hydrogen-bond acceptors (Lipinski definition) is 3. The first-order valence-electron chi connectivity index (χ1n) is 8.52. The third kappa shape index (κ3) is 3.75. The van der Waals surface area contributed by atoms with Crippen LogP contribution in [0.2, 0.25) is 0 Å². The fraction of sp³-hybridized carbons (Fsp3) is 0.400. The maximum Gasteiger partial charge on any atom is 0.115 e. The van der Waals surface area contributed by atoms with Gasteiger partial charge in [-0.25, -0.2) is 4.68 Å². The number of nitrogens with zero attached hydrogens (tertiary/aromatic N) is 3. The molecule has 1 unspecified atom stereocenters. The van der Waals surface area contributed by atoms with Gasteiger partial charge in [0.1, 0.15) is 5.76 Å². The Morgan fingerprint density at radius 2 is 2.21 bits per heavy atom. The van der Waals surface area contributed by atoms with E-state index in [9.17, 15) is 0 Å². The van der Waals surface area contributed by atoms with Gasteiger partial charge in [-0.05, 0) is 37.0 Å². The number of benzene rings is 1. The highest BCUT2D eigenvalue weighted by Gasteiger charge is 2.32. The summed E-state index contributed by atoms with van der Waals surface area (Å²) in [6, 6.07) is 8.65. The van der Waals surface area contributed by atoms with Crippen molar-refractivity contribution >= 4 is 0 Å². The molecule has 0 amide bonds. The van der Waals surface area contributed by atoms with E-state index in [1.165, 1.54) is 11.1 Å². The maximum atomic E-state index is 5.85. The molecule has 1 heterocycles. The second-order valence-electron chi connectivity index (χ2n) is 6.97. The van der Waals surface area contributed by atoms with Gasteiger partial charge < -0.3 is 4.74 Å². The second-order valence-corrected chi connectivity index (χ2v) is 6.97. The van der Waals surface area contributed by atoms with Gasteiger partial charge in [0.15, 0.2) is 0 Å². The predicted molar refractivity (Wildman–Crippen MR) is 95.5 cm³/mol. The molecule has 4 nitrogen and oxygen atoms in total. The number of hydrogen-bond donors (Lipinski definition) is 0. The van der Waals surface area contributed by atoms with Crippen molar-refractivity contribution in [1.29, 1.82) is 0 Å². The molecule has 1 atom stereocenters. The van der Waals surface area contributed by atoms with Crippen molar-refractivity contribution in [2.24, 2.45) is 5.92 Å². The minimum atomic E-state index is -0.227. The molecule has 24 heavy (non-hydrogen) atoms. The van der Waals surface area contributed by atoms with Crippen LogP contribution in [0.3, 0.4) is 0 Å². The van der Waals surface area contributed by atoms with E-state index in [4.69, 9.17) is 4.74 Å². The van der Waals surface area contributed by atoms with Crippen LogP contribution >= 0.6 is 0 Å². The summed E-state index contributed by atoms with van der Waals surface area (Å²) in [7, 11) is 0.